The van der Waals surface area contributed by atoms with E-state index in [1.807, 2.05) is 39.8 Å². The van der Waals surface area contributed by atoms with Crippen molar-refractivity contribution in [1.82, 2.24) is 19.3 Å². The third-order valence-corrected chi connectivity index (χ3v) is 5.02. The van der Waals surface area contributed by atoms with Gasteiger partial charge in [-0.3, -0.25) is 9.88 Å². The summed E-state index contributed by atoms with van der Waals surface area (Å²) < 4.78 is 31.3. The molecule has 1 aromatic carbocycles. The Bertz CT molecular complexity index is 1100. The van der Waals surface area contributed by atoms with Gasteiger partial charge in [0.1, 0.15) is 11.6 Å². The maximum absolute atomic E-state index is 14.7. The van der Waals surface area contributed by atoms with Gasteiger partial charge in [-0.05, 0) is 41.0 Å². The Kier molecular flexibility index (Phi) is 3.72. The maximum Gasteiger partial charge on any atom is 0.131 e. The van der Waals surface area contributed by atoms with Gasteiger partial charge in [0, 0.05) is 37.6 Å². The van der Waals surface area contributed by atoms with Crippen molar-refractivity contribution in [3.05, 3.63) is 89.8 Å². The van der Waals surface area contributed by atoms with Crippen molar-refractivity contribution in [2.75, 3.05) is 0 Å². The Morgan fingerprint density at radius 2 is 1.85 bits per heavy atom. The predicted octanol–water partition coefficient (Wildman–Crippen LogP) is 4.19. The molecule has 3 aromatic heterocycles. The molecular formula is C21H16F2N4. The molecule has 0 radical (unpaired) electrons. The van der Waals surface area contributed by atoms with E-state index in [1.54, 1.807) is 18.7 Å². The molecule has 4 aromatic rings. The first kappa shape index (κ1) is 16.1. The fourth-order valence-electron chi connectivity index (χ4n) is 3.61. The fraction of sp³-hybridized carbons (Fsp3) is 0.143. The van der Waals surface area contributed by atoms with Crippen molar-refractivity contribution in [2.24, 2.45) is 0 Å². The van der Waals surface area contributed by atoms with Gasteiger partial charge in [-0.2, -0.15) is 0 Å². The molecule has 27 heavy (non-hydrogen) atoms. The Balaban J connectivity index is 1.43. The minimum atomic E-state index is -0.528. The quantitative estimate of drug-likeness (QED) is 0.548. The van der Waals surface area contributed by atoms with Gasteiger partial charge in [-0.1, -0.05) is 12.1 Å². The first-order valence-corrected chi connectivity index (χ1v) is 8.72. The minimum absolute atomic E-state index is 0.0928. The molecule has 0 unspecified atom stereocenters. The van der Waals surface area contributed by atoms with Crippen LogP contribution in [-0.4, -0.2) is 19.3 Å². The maximum atomic E-state index is 14.7. The molecule has 4 nitrogen and oxygen atoms in total. The van der Waals surface area contributed by atoms with Gasteiger partial charge in [0.2, 0.25) is 0 Å². The number of hydrogen-bond donors (Lipinski definition) is 0. The van der Waals surface area contributed by atoms with Crippen LogP contribution in [0.25, 0.3) is 16.6 Å². The molecular weight excluding hydrogens is 346 g/mol. The SMILES string of the molecule is Fc1cc(-c2ccc3cncn3c2)cc(F)c1CN1Cc2cccnc2C1. The molecule has 0 bridgehead atoms. The normalized spacial score (nSPS) is 14.0. The van der Waals surface area contributed by atoms with Crippen LogP contribution in [-0.2, 0) is 19.6 Å². The summed E-state index contributed by atoms with van der Waals surface area (Å²) in [5, 5.41) is 0. The lowest BCUT2D eigenvalue weighted by atomic mass is 10.0. The molecule has 134 valence electrons. The highest BCUT2D eigenvalue weighted by molar-refractivity contribution is 5.66. The van der Waals surface area contributed by atoms with E-state index in [0.717, 1.165) is 22.3 Å². The number of rotatable bonds is 3. The molecule has 0 spiro atoms. The number of aromatic nitrogens is 3. The van der Waals surface area contributed by atoms with Crippen LogP contribution < -0.4 is 0 Å². The van der Waals surface area contributed by atoms with Gasteiger partial charge in [-0.15, -0.1) is 0 Å². The van der Waals surface area contributed by atoms with Crippen LogP contribution in [0.15, 0.2) is 61.3 Å². The van der Waals surface area contributed by atoms with E-state index in [9.17, 15) is 8.78 Å². The molecule has 1 aliphatic heterocycles. The van der Waals surface area contributed by atoms with Crippen LogP contribution in [0.4, 0.5) is 8.78 Å². The number of hydrogen-bond acceptors (Lipinski definition) is 3. The molecule has 6 heteroatoms. The highest BCUT2D eigenvalue weighted by atomic mass is 19.1. The van der Waals surface area contributed by atoms with E-state index in [1.165, 1.54) is 12.1 Å². The summed E-state index contributed by atoms with van der Waals surface area (Å²) in [4.78, 5) is 10.4. The molecule has 5 rings (SSSR count). The summed E-state index contributed by atoms with van der Waals surface area (Å²) in [6.07, 6.45) is 6.96. The number of imidazole rings is 1. The van der Waals surface area contributed by atoms with Crippen LogP contribution in [0.5, 0.6) is 0 Å². The first-order chi connectivity index (χ1) is 13.2. The third-order valence-electron chi connectivity index (χ3n) is 5.02. The zero-order chi connectivity index (χ0) is 18.4. The lowest BCUT2D eigenvalue weighted by molar-refractivity contribution is 0.265. The van der Waals surface area contributed by atoms with E-state index in [4.69, 9.17) is 0 Å². The van der Waals surface area contributed by atoms with E-state index >= 15 is 0 Å². The van der Waals surface area contributed by atoms with Gasteiger partial charge in [-0.25, -0.2) is 13.8 Å². The fourth-order valence-corrected chi connectivity index (χ4v) is 3.61. The predicted molar refractivity (Wildman–Crippen MR) is 97.7 cm³/mol. The van der Waals surface area contributed by atoms with Gasteiger partial charge in [0.15, 0.2) is 0 Å². The monoisotopic (exact) mass is 362 g/mol. The second-order valence-electron chi connectivity index (χ2n) is 6.82. The lowest BCUT2D eigenvalue weighted by Gasteiger charge is -2.16. The Hall–Kier alpha value is -3.12. The number of fused-ring (bicyclic) bond motifs is 2. The molecule has 0 saturated carbocycles. The third kappa shape index (κ3) is 2.88. The molecule has 0 amide bonds. The van der Waals surface area contributed by atoms with Crippen molar-refractivity contribution in [1.29, 1.82) is 0 Å². The number of nitrogens with zero attached hydrogens (tertiary/aromatic N) is 4. The Morgan fingerprint density at radius 1 is 1.00 bits per heavy atom. The number of pyridine rings is 2. The highest BCUT2D eigenvalue weighted by Crippen LogP contribution is 2.28. The number of halogens is 2. The van der Waals surface area contributed by atoms with E-state index in [-0.39, 0.29) is 12.1 Å². The highest BCUT2D eigenvalue weighted by Gasteiger charge is 2.22. The van der Waals surface area contributed by atoms with Gasteiger partial charge < -0.3 is 4.40 Å². The van der Waals surface area contributed by atoms with Crippen LogP contribution in [0.3, 0.4) is 0 Å². The smallest absolute Gasteiger partial charge is 0.131 e. The summed E-state index contributed by atoms with van der Waals surface area (Å²) in [5.41, 5.74) is 4.36. The van der Waals surface area contributed by atoms with Crippen LogP contribution in [0, 0.1) is 11.6 Å². The van der Waals surface area contributed by atoms with Crippen molar-refractivity contribution >= 4 is 5.52 Å². The van der Waals surface area contributed by atoms with Crippen molar-refractivity contribution in [3.8, 4) is 11.1 Å². The zero-order valence-electron chi connectivity index (χ0n) is 14.4. The molecule has 0 aliphatic carbocycles. The summed E-state index contributed by atoms with van der Waals surface area (Å²) in [5.74, 6) is -1.06. The second-order valence-corrected chi connectivity index (χ2v) is 6.82. The molecule has 0 fully saturated rings. The summed E-state index contributed by atoms with van der Waals surface area (Å²) >= 11 is 0. The largest absolute Gasteiger partial charge is 0.306 e. The average molecular weight is 362 g/mol. The van der Waals surface area contributed by atoms with Gasteiger partial charge in [0.25, 0.3) is 0 Å². The Labute approximate surface area is 154 Å². The average Bonchev–Trinajstić information content (AvgIpc) is 3.29. The minimum Gasteiger partial charge on any atom is -0.306 e. The standard InChI is InChI=1S/C21H16F2N4/c22-19-6-16(14-3-4-17-8-24-13-27(17)10-14)7-20(23)18(19)11-26-9-15-2-1-5-25-21(15)12-26/h1-8,10,13H,9,11-12H2. The molecule has 4 heterocycles. The van der Waals surface area contributed by atoms with Gasteiger partial charge in [0.05, 0.1) is 23.7 Å². The summed E-state index contributed by atoms with van der Waals surface area (Å²) in [6.45, 7) is 1.48. The molecule has 0 saturated heterocycles. The topological polar surface area (TPSA) is 33.4 Å². The molecule has 0 atom stereocenters. The zero-order valence-corrected chi connectivity index (χ0v) is 14.4. The van der Waals surface area contributed by atoms with Crippen LogP contribution in [0.1, 0.15) is 16.8 Å². The summed E-state index contributed by atoms with van der Waals surface area (Å²) in [7, 11) is 0. The van der Waals surface area contributed by atoms with Crippen LogP contribution >= 0.6 is 0 Å². The van der Waals surface area contributed by atoms with Crippen molar-refractivity contribution in [2.45, 2.75) is 19.6 Å². The Morgan fingerprint density at radius 3 is 2.67 bits per heavy atom. The summed E-state index contributed by atoms with van der Waals surface area (Å²) in [6, 6.07) is 10.4. The first-order valence-electron chi connectivity index (χ1n) is 8.72. The number of benzene rings is 1. The lowest BCUT2D eigenvalue weighted by Crippen LogP contribution is -2.18. The van der Waals surface area contributed by atoms with Gasteiger partial charge >= 0.3 is 0 Å². The van der Waals surface area contributed by atoms with Crippen molar-refractivity contribution < 1.29 is 8.78 Å². The second kappa shape index (κ2) is 6.25. The van der Waals surface area contributed by atoms with Crippen LogP contribution in [0.2, 0.25) is 0 Å². The van der Waals surface area contributed by atoms with E-state index in [0.29, 0.717) is 18.7 Å². The van der Waals surface area contributed by atoms with E-state index < -0.39 is 11.6 Å². The van der Waals surface area contributed by atoms with E-state index in [2.05, 4.69) is 9.97 Å². The van der Waals surface area contributed by atoms with Crippen molar-refractivity contribution in [3.63, 3.8) is 0 Å². The molecule has 1 aliphatic rings. The molecule has 0 N–H and O–H groups in total.